The Morgan fingerprint density at radius 2 is 1.27 bits per heavy atom. The first-order chi connectivity index (χ1) is 23.5. The third-order valence-electron chi connectivity index (χ3n) is 10.5. The molecule has 0 bridgehead atoms. The summed E-state index contributed by atoms with van der Waals surface area (Å²) in [6, 6.07) is 28.0. The molecule has 2 aliphatic rings. The summed E-state index contributed by atoms with van der Waals surface area (Å²) in [6.07, 6.45) is 15.1. The Labute approximate surface area is 309 Å². The predicted octanol–water partition coefficient (Wildman–Crippen LogP) is 12.9. The van der Waals surface area contributed by atoms with E-state index in [4.69, 9.17) is 0 Å². The molecule has 1 unspecified atom stereocenters. The molecule has 49 heavy (non-hydrogen) atoms. The zero-order chi connectivity index (χ0) is 34.9. The van der Waals surface area contributed by atoms with Gasteiger partial charge >= 0.3 is 311 Å². The molecule has 0 nitrogen and oxygen atoms in total. The van der Waals surface area contributed by atoms with E-state index in [0.717, 1.165) is 25.7 Å². The number of hydrogen-bond acceptors (Lipinski definition) is 0. The van der Waals surface area contributed by atoms with Crippen molar-refractivity contribution < 1.29 is 22.8 Å². The molecular weight excluding hydrogens is 668 g/mol. The Balaban J connectivity index is 1.85. The Hall–Kier alpha value is -2.89. The van der Waals surface area contributed by atoms with Crippen LogP contribution in [0.2, 0.25) is 0 Å². The van der Waals surface area contributed by atoms with E-state index >= 15 is 0 Å². The van der Waals surface area contributed by atoms with Crippen LogP contribution in [0.4, 0.5) is 0 Å². The van der Waals surface area contributed by atoms with Gasteiger partial charge in [-0.3, -0.25) is 0 Å². The van der Waals surface area contributed by atoms with Crippen molar-refractivity contribution in [2.45, 2.75) is 122 Å². The SMILES string of the molecule is CCCc1cc(C(C)(C)C)cc2c1-c1c(CCC)c(CCC)c(C(C)(C)C)c(C3=CC=CC3)c1[CH]2[Zr]=[C](c1ccccc1)c1ccccc1. The maximum absolute atomic E-state index is 2.69. The molecule has 4 aromatic carbocycles. The second-order valence-electron chi connectivity index (χ2n) is 16.4. The molecule has 1 heteroatoms. The molecular formula is C48H57Zr. The van der Waals surface area contributed by atoms with Crippen LogP contribution in [0, 0.1) is 0 Å². The fourth-order valence-electron chi connectivity index (χ4n) is 8.45. The molecule has 0 spiro atoms. The van der Waals surface area contributed by atoms with Gasteiger partial charge in [-0.2, -0.15) is 0 Å². The van der Waals surface area contributed by atoms with Gasteiger partial charge < -0.3 is 0 Å². The zero-order valence-corrected chi connectivity index (χ0v) is 34.1. The van der Waals surface area contributed by atoms with Crippen LogP contribution >= 0.6 is 0 Å². The van der Waals surface area contributed by atoms with E-state index in [1.807, 2.05) is 0 Å². The van der Waals surface area contributed by atoms with Gasteiger partial charge in [0.15, 0.2) is 0 Å². The van der Waals surface area contributed by atoms with Gasteiger partial charge in [0.2, 0.25) is 0 Å². The molecule has 0 heterocycles. The fraction of sp³-hybridized carbons (Fsp3) is 0.396. The molecule has 0 saturated carbocycles. The number of allylic oxidation sites excluding steroid dienone is 4. The third kappa shape index (κ3) is 7.04. The summed E-state index contributed by atoms with van der Waals surface area (Å²) in [5.74, 6) is 0. The van der Waals surface area contributed by atoms with E-state index in [9.17, 15) is 0 Å². The van der Waals surface area contributed by atoms with Gasteiger partial charge in [0.1, 0.15) is 0 Å². The van der Waals surface area contributed by atoms with Gasteiger partial charge in [-0.15, -0.1) is 0 Å². The minimum atomic E-state index is -1.31. The molecule has 0 fully saturated rings. The van der Waals surface area contributed by atoms with E-state index in [0.29, 0.717) is 3.63 Å². The van der Waals surface area contributed by atoms with Gasteiger partial charge in [0.25, 0.3) is 0 Å². The number of hydrogen-bond donors (Lipinski definition) is 0. The van der Waals surface area contributed by atoms with Crippen molar-refractivity contribution in [3.8, 4) is 11.1 Å². The van der Waals surface area contributed by atoms with Crippen LogP contribution < -0.4 is 0 Å². The van der Waals surface area contributed by atoms with Gasteiger partial charge in [0.05, 0.1) is 0 Å². The molecule has 0 N–H and O–H groups in total. The van der Waals surface area contributed by atoms with Crippen molar-refractivity contribution in [3.05, 3.63) is 147 Å². The van der Waals surface area contributed by atoms with E-state index < -0.39 is 22.8 Å². The first kappa shape index (κ1) is 35.9. The Bertz CT molecular complexity index is 1860. The van der Waals surface area contributed by atoms with Crippen LogP contribution in [0.1, 0.15) is 147 Å². The molecule has 6 rings (SSSR count). The third-order valence-corrected chi connectivity index (χ3v) is 14.8. The van der Waals surface area contributed by atoms with Gasteiger partial charge in [-0.05, 0) is 0 Å². The van der Waals surface area contributed by atoms with Crippen LogP contribution in [0.15, 0.2) is 91.0 Å². The normalized spacial score (nSPS) is 15.2. The molecule has 0 amide bonds. The van der Waals surface area contributed by atoms with Crippen molar-refractivity contribution in [2.24, 2.45) is 0 Å². The Morgan fingerprint density at radius 3 is 1.78 bits per heavy atom. The Kier molecular flexibility index (Phi) is 10.8. The quantitative estimate of drug-likeness (QED) is 0.153. The van der Waals surface area contributed by atoms with E-state index in [1.165, 1.54) is 41.5 Å². The summed E-state index contributed by atoms with van der Waals surface area (Å²) in [7, 11) is 0. The van der Waals surface area contributed by atoms with Crippen LogP contribution in [0.3, 0.4) is 0 Å². The standard InChI is InChI=1S/C35H47.C13H10.Zr/c1-10-15-24-20-26(34(4,5)6)21-25-22-29-31(23-18-13-14-19-23)33(35(7,8)9)28(17-12-3)27(16-11-2)32(29)30(24)25;1-3-7-12(8-4-1)11-13-9-5-2-6-10-13;/h13-14,18,20-22H,10-12,15-17,19H2,1-9H3;1-10H;. The van der Waals surface area contributed by atoms with Crippen LogP contribution in [-0.2, 0) is 52.8 Å². The van der Waals surface area contributed by atoms with E-state index in [-0.39, 0.29) is 10.8 Å². The van der Waals surface area contributed by atoms with Crippen molar-refractivity contribution in [1.82, 2.24) is 0 Å². The summed E-state index contributed by atoms with van der Waals surface area (Å²) in [5.41, 5.74) is 20.7. The van der Waals surface area contributed by atoms with Crippen LogP contribution in [0.25, 0.3) is 16.7 Å². The summed E-state index contributed by atoms with van der Waals surface area (Å²) in [4.78, 5) is 0. The average Bonchev–Trinajstić information content (AvgIpc) is 3.72. The summed E-state index contributed by atoms with van der Waals surface area (Å²) < 4.78 is 2.05. The zero-order valence-electron chi connectivity index (χ0n) is 31.7. The summed E-state index contributed by atoms with van der Waals surface area (Å²) in [6.45, 7) is 21.8. The molecule has 0 aromatic heterocycles. The monoisotopic (exact) mass is 723 g/mol. The first-order valence-corrected chi connectivity index (χ1v) is 21.6. The van der Waals surface area contributed by atoms with Crippen molar-refractivity contribution >= 4 is 8.78 Å². The summed E-state index contributed by atoms with van der Waals surface area (Å²) in [5, 5.41) is 0. The number of benzene rings is 4. The molecule has 4 aromatic rings. The second-order valence-corrected chi connectivity index (χ2v) is 19.7. The minimum absolute atomic E-state index is 0.0410. The average molecular weight is 725 g/mol. The van der Waals surface area contributed by atoms with E-state index in [2.05, 4.69) is 153 Å². The maximum atomic E-state index is 2.69. The van der Waals surface area contributed by atoms with E-state index in [1.54, 1.807) is 53.3 Å². The van der Waals surface area contributed by atoms with Crippen molar-refractivity contribution in [1.29, 1.82) is 0 Å². The van der Waals surface area contributed by atoms with Crippen LogP contribution in [-0.4, -0.2) is 3.21 Å². The summed E-state index contributed by atoms with van der Waals surface area (Å²) >= 11 is -1.31. The fourth-order valence-corrected chi connectivity index (χ4v) is 12.8. The van der Waals surface area contributed by atoms with Crippen molar-refractivity contribution in [2.75, 3.05) is 0 Å². The molecule has 0 saturated heterocycles. The Morgan fingerprint density at radius 1 is 0.673 bits per heavy atom. The number of fused-ring (bicyclic) bond motifs is 3. The molecule has 1 atom stereocenters. The molecule has 253 valence electrons. The molecule has 2 aliphatic carbocycles. The van der Waals surface area contributed by atoms with Gasteiger partial charge in [0, 0.05) is 0 Å². The van der Waals surface area contributed by atoms with Gasteiger partial charge in [-0.25, -0.2) is 0 Å². The molecule has 0 radical (unpaired) electrons. The van der Waals surface area contributed by atoms with Gasteiger partial charge in [-0.1, -0.05) is 0 Å². The molecule has 0 aliphatic heterocycles. The number of rotatable bonds is 10. The first-order valence-electron chi connectivity index (χ1n) is 19.0. The topological polar surface area (TPSA) is 0 Å². The van der Waals surface area contributed by atoms with Crippen molar-refractivity contribution in [3.63, 3.8) is 0 Å². The second kappa shape index (κ2) is 14.8. The van der Waals surface area contributed by atoms with Crippen LogP contribution in [0.5, 0.6) is 0 Å². The number of aryl methyl sites for hydroxylation is 1. The predicted molar refractivity (Wildman–Crippen MR) is 211 cm³/mol.